The summed E-state index contributed by atoms with van der Waals surface area (Å²) in [6.45, 7) is 0.106. The van der Waals surface area contributed by atoms with E-state index in [0.29, 0.717) is 17.0 Å². The molecule has 8 heteroatoms. The highest BCUT2D eigenvalue weighted by molar-refractivity contribution is 6.22. The van der Waals surface area contributed by atoms with E-state index >= 15 is 0 Å². The summed E-state index contributed by atoms with van der Waals surface area (Å²) in [6.07, 6.45) is -0.134. The molecular weight excluding hydrogens is 544 g/mol. The molecule has 0 bridgehead atoms. The minimum absolute atomic E-state index is 0.0584. The van der Waals surface area contributed by atoms with Crippen LogP contribution in [0.5, 0.6) is 11.5 Å². The minimum atomic E-state index is -1.72. The summed E-state index contributed by atoms with van der Waals surface area (Å²) in [5.41, 5.74) is 2.78. The highest BCUT2D eigenvalue weighted by Crippen LogP contribution is 2.59. The van der Waals surface area contributed by atoms with Gasteiger partial charge in [0, 0.05) is 28.8 Å². The zero-order valence-corrected chi connectivity index (χ0v) is 23.4. The number of phenolic OH excluding ortho intramolecular Hbond substituents is 1. The Hall–Kier alpha value is -4.66. The number of rotatable bonds is 7. The maximum atomic E-state index is 14.0. The SMILES string of the molecule is O=C1[C@H]2[C@H](C[C@H](COc3ccccc3)[C@@]3(O)O[C@H](c4ccccc4O)C[C@@H]23)C(=O)N1c1ccc(Nc2ccccc2)cc1. The second-order valence-corrected chi connectivity index (χ2v) is 11.5. The molecular formula is C35H32N2O6. The number of fused-ring (bicyclic) bond motifs is 3. The lowest BCUT2D eigenvalue weighted by molar-refractivity contribution is -0.272. The van der Waals surface area contributed by atoms with Gasteiger partial charge in [-0.25, -0.2) is 0 Å². The van der Waals surface area contributed by atoms with Crippen molar-refractivity contribution in [2.45, 2.75) is 24.7 Å². The largest absolute Gasteiger partial charge is 0.508 e. The molecule has 2 aliphatic heterocycles. The van der Waals surface area contributed by atoms with Gasteiger partial charge in [-0.15, -0.1) is 0 Å². The smallest absolute Gasteiger partial charge is 0.238 e. The number of carbonyl (C=O) groups excluding carboxylic acids is 2. The van der Waals surface area contributed by atoms with Gasteiger partial charge in [-0.1, -0.05) is 54.6 Å². The Kier molecular flexibility index (Phi) is 6.88. The number of aliphatic hydroxyl groups is 1. The third-order valence-corrected chi connectivity index (χ3v) is 9.03. The Balaban J connectivity index is 1.19. The van der Waals surface area contributed by atoms with Crippen LogP contribution in [-0.2, 0) is 14.3 Å². The Morgan fingerprint density at radius 3 is 2.19 bits per heavy atom. The van der Waals surface area contributed by atoms with Gasteiger partial charge in [0.15, 0.2) is 5.79 Å². The van der Waals surface area contributed by atoms with Crippen molar-refractivity contribution in [2.24, 2.45) is 23.7 Å². The molecule has 2 amide bonds. The predicted molar refractivity (Wildman–Crippen MR) is 161 cm³/mol. The second kappa shape index (κ2) is 10.9. The van der Waals surface area contributed by atoms with Crippen molar-refractivity contribution in [3.8, 4) is 11.5 Å². The molecule has 1 saturated carbocycles. The highest BCUT2D eigenvalue weighted by atomic mass is 16.6. The number of benzene rings is 4. The van der Waals surface area contributed by atoms with Gasteiger partial charge in [0.25, 0.3) is 0 Å². The summed E-state index contributed by atoms with van der Waals surface area (Å²) < 4.78 is 12.4. The van der Waals surface area contributed by atoms with Gasteiger partial charge in [-0.3, -0.25) is 14.5 Å². The van der Waals surface area contributed by atoms with Gasteiger partial charge < -0.3 is 25.0 Å². The number of phenols is 1. The molecule has 8 nitrogen and oxygen atoms in total. The number of hydrogen-bond donors (Lipinski definition) is 3. The van der Waals surface area contributed by atoms with Crippen molar-refractivity contribution < 1.29 is 29.3 Å². The van der Waals surface area contributed by atoms with Crippen LogP contribution in [0.3, 0.4) is 0 Å². The molecule has 2 saturated heterocycles. The van der Waals surface area contributed by atoms with Crippen LogP contribution in [0.1, 0.15) is 24.5 Å². The first-order valence-corrected chi connectivity index (χ1v) is 14.6. The Bertz CT molecular complexity index is 1630. The first-order valence-electron chi connectivity index (χ1n) is 14.6. The summed E-state index contributed by atoms with van der Waals surface area (Å²) in [6, 6.07) is 33.1. The van der Waals surface area contributed by atoms with Crippen molar-refractivity contribution in [3.63, 3.8) is 0 Å². The number of hydrogen-bond acceptors (Lipinski definition) is 7. The monoisotopic (exact) mass is 576 g/mol. The van der Waals surface area contributed by atoms with Crippen molar-refractivity contribution in [1.82, 2.24) is 0 Å². The third kappa shape index (κ3) is 4.82. The minimum Gasteiger partial charge on any atom is -0.508 e. The molecule has 6 atom stereocenters. The van der Waals surface area contributed by atoms with E-state index < -0.39 is 35.6 Å². The van der Waals surface area contributed by atoms with Crippen molar-refractivity contribution in [1.29, 1.82) is 0 Å². The van der Waals surface area contributed by atoms with Crippen LogP contribution in [0, 0.1) is 23.7 Å². The summed E-state index contributed by atoms with van der Waals surface area (Å²) in [4.78, 5) is 29.2. The van der Waals surface area contributed by atoms with E-state index in [2.05, 4.69) is 5.32 Å². The van der Waals surface area contributed by atoms with Crippen molar-refractivity contribution in [2.75, 3.05) is 16.8 Å². The average Bonchev–Trinajstić information content (AvgIpc) is 3.50. The van der Waals surface area contributed by atoms with Crippen LogP contribution in [0.15, 0.2) is 109 Å². The normalized spacial score (nSPS) is 27.9. The van der Waals surface area contributed by atoms with Crippen molar-refractivity contribution >= 4 is 28.9 Å². The summed E-state index contributed by atoms with van der Waals surface area (Å²) in [7, 11) is 0. The number of anilines is 3. The van der Waals surface area contributed by atoms with Gasteiger partial charge in [0.1, 0.15) is 11.5 Å². The average molecular weight is 577 g/mol. The zero-order valence-electron chi connectivity index (χ0n) is 23.4. The van der Waals surface area contributed by atoms with E-state index in [1.165, 1.54) is 4.90 Å². The number of nitrogens with zero attached hydrogens (tertiary/aromatic N) is 1. The molecule has 1 aliphatic carbocycles. The molecule has 218 valence electrons. The first kappa shape index (κ1) is 27.2. The highest BCUT2D eigenvalue weighted by Gasteiger charge is 2.67. The van der Waals surface area contributed by atoms with Crippen LogP contribution < -0.4 is 15.0 Å². The van der Waals surface area contributed by atoms with Crippen molar-refractivity contribution in [3.05, 3.63) is 115 Å². The molecule has 3 aliphatic rings. The van der Waals surface area contributed by atoms with Crippen LogP contribution in [0.2, 0.25) is 0 Å². The topological polar surface area (TPSA) is 108 Å². The van der Waals surface area contributed by atoms with Crippen LogP contribution in [0.4, 0.5) is 17.1 Å². The van der Waals surface area contributed by atoms with E-state index in [4.69, 9.17) is 9.47 Å². The molecule has 4 aromatic carbocycles. The molecule has 0 aromatic heterocycles. The van der Waals surface area contributed by atoms with Gasteiger partial charge in [-0.2, -0.15) is 0 Å². The molecule has 2 heterocycles. The van der Waals surface area contributed by atoms with Gasteiger partial charge in [-0.05, 0) is 67.4 Å². The summed E-state index contributed by atoms with van der Waals surface area (Å²) in [5.74, 6) is -4.28. The molecule has 0 spiro atoms. The molecule has 43 heavy (non-hydrogen) atoms. The molecule has 4 aromatic rings. The number of amides is 2. The number of carbonyl (C=O) groups is 2. The van der Waals surface area contributed by atoms with Crippen LogP contribution in [-0.4, -0.2) is 34.4 Å². The number of para-hydroxylation sites is 3. The number of nitrogens with one attached hydrogen (secondary N) is 1. The number of imide groups is 1. The van der Waals surface area contributed by atoms with E-state index in [0.717, 1.165) is 11.4 Å². The zero-order chi connectivity index (χ0) is 29.6. The van der Waals surface area contributed by atoms with Gasteiger partial charge in [0.2, 0.25) is 11.8 Å². The molecule has 3 fully saturated rings. The maximum absolute atomic E-state index is 14.0. The molecule has 0 unspecified atom stereocenters. The second-order valence-electron chi connectivity index (χ2n) is 11.5. The van der Waals surface area contributed by atoms with Gasteiger partial charge >= 0.3 is 0 Å². The lowest BCUT2D eigenvalue weighted by atomic mass is 9.64. The van der Waals surface area contributed by atoms with E-state index in [-0.39, 0.29) is 37.0 Å². The summed E-state index contributed by atoms with van der Waals surface area (Å²) >= 11 is 0. The van der Waals surface area contributed by atoms with E-state index in [1.807, 2.05) is 72.8 Å². The third-order valence-electron chi connectivity index (χ3n) is 9.03. The van der Waals surface area contributed by atoms with E-state index in [1.54, 1.807) is 36.4 Å². The first-order chi connectivity index (χ1) is 20.9. The fraction of sp³-hybridized carbons (Fsp3) is 0.257. The Labute approximate surface area is 249 Å². The van der Waals surface area contributed by atoms with Gasteiger partial charge in [0.05, 0.1) is 30.2 Å². The Morgan fingerprint density at radius 2 is 1.47 bits per heavy atom. The molecule has 0 radical (unpaired) electrons. The number of ether oxygens (including phenoxy) is 2. The summed E-state index contributed by atoms with van der Waals surface area (Å²) in [5, 5.41) is 26.1. The molecule has 7 rings (SSSR count). The molecule has 3 N–H and O–H groups in total. The fourth-order valence-corrected chi connectivity index (χ4v) is 6.98. The van der Waals surface area contributed by atoms with Crippen LogP contribution in [0.25, 0.3) is 0 Å². The quantitative estimate of drug-likeness (QED) is 0.239. The Morgan fingerprint density at radius 1 is 0.814 bits per heavy atom. The predicted octanol–water partition coefficient (Wildman–Crippen LogP) is 5.81. The lowest BCUT2D eigenvalue weighted by Gasteiger charge is -2.44. The lowest BCUT2D eigenvalue weighted by Crippen LogP contribution is -2.55. The van der Waals surface area contributed by atoms with E-state index in [9.17, 15) is 19.8 Å². The standard InChI is InChI=1S/C35H32N2O6/c38-30-14-8-7-13-27(30)31-20-29-32-28(19-22(35(29,41)43-31)21-42-26-11-5-2-6-12-26)33(39)37(34(32)40)25-17-15-24(16-18-25)36-23-9-3-1-4-10-23/h1-18,22,28-29,31-32,36,38,41H,19-21H2/t22-,28+,29+,31+,32+,35-/m1/s1. The maximum Gasteiger partial charge on any atom is 0.238 e. The number of aromatic hydroxyl groups is 1. The fourth-order valence-electron chi connectivity index (χ4n) is 6.98. The van der Waals surface area contributed by atoms with Crippen LogP contribution >= 0.6 is 0 Å².